The zero-order chi connectivity index (χ0) is 16.6. The van der Waals surface area contributed by atoms with Gasteiger partial charge in [0.2, 0.25) is 11.3 Å². The van der Waals surface area contributed by atoms with E-state index in [-0.39, 0.29) is 6.04 Å². The lowest BCUT2D eigenvalue weighted by molar-refractivity contribution is 0.314. The second-order valence-electron chi connectivity index (χ2n) is 6.10. The Labute approximate surface area is 152 Å². The van der Waals surface area contributed by atoms with Gasteiger partial charge in [-0.2, -0.15) is 11.8 Å². The van der Waals surface area contributed by atoms with Crippen molar-refractivity contribution in [2.24, 2.45) is 0 Å². The van der Waals surface area contributed by atoms with Crippen molar-refractivity contribution in [3.63, 3.8) is 0 Å². The number of nitrogens with zero attached hydrogens (tertiary/aromatic N) is 7. The number of rotatable bonds is 3. The third-order valence-corrected chi connectivity index (χ3v) is 6.47. The van der Waals surface area contributed by atoms with Crippen LogP contribution in [0, 0.1) is 0 Å². The second-order valence-corrected chi connectivity index (χ2v) is 8.25. The summed E-state index contributed by atoms with van der Waals surface area (Å²) in [4.78, 5) is 18.7. The fourth-order valence-electron chi connectivity index (χ4n) is 3.48. The summed E-state index contributed by atoms with van der Waals surface area (Å²) in [7, 11) is 0. The van der Waals surface area contributed by atoms with Crippen molar-refractivity contribution in [1.29, 1.82) is 0 Å². The highest BCUT2D eigenvalue weighted by atomic mass is 32.2. The van der Waals surface area contributed by atoms with Gasteiger partial charge in [0.15, 0.2) is 11.6 Å². The van der Waals surface area contributed by atoms with Gasteiger partial charge in [0.1, 0.15) is 5.01 Å². The molecule has 0 aliphatic carbocycles. The number of thiazole rings is 1. The molecule has 0 radical (unpaired) electrons. The monoisotopic (exact) mass is 375 g/mol. The number of hydrogen-bond donors (Lipinski definition) is 0. The zero-order valence-electron chi connectivity index (χ0n) is 13.5. The molecule has 0 amide bonds. The van der Waals surface area contributed by atoms with E-state index < -0.39 is 0 Å². The van der Waals surface area contributed by atoms with Crippen LogP contribution in [0.4, 0.5) is 11.6 Å². The molecule has 0 N–H and O–H groups in total. The molecule has 3 aromatic heterocycles. The topological polar surface area (TPSA) is 84.1 Å². The molecule has 0 aromatic carbocycles. The molecule has 5 heterocycles. The molecule has 2 fully saturated rings. The van der Waals surface area contributed by atoms with Gasteiger partial charge in [0.25, 0.3) is 0 Å². The molecule has 25 heavy (non-hydrogen) atoms. The van der Waals surface area contributed by atoms with Crippen molar-refractivity contribution < 1.29 is 4.63 Å². The third-order valence-electron chi connectivity index (χ3n) is 4.65. The lowest BCUT2D eigenvalue weighted by Crippen LogP contribution is -2.35. The Morgan fingerprint density at radius 1 is 1.04 bits per heavy atom. The Kier molecular flexibility index (Phi) is 3.93. The summed E-state index contributed by atoms with van der Waals surface area (Å²) in [5.74, 6) is 3.98. The highest BCUT2D eigenvalue weighted by Gasteiger charge is 2.33. The molecule has 2 aliphatic rings. The van der Waals surface area contributed by atoms with E-state index in [2.05, 4.69) is 25.1 Å². The van der Waals surface area contributed by atoms with Crippen molar-refractivity contribution in [1.82, 2.24) is 25.3 Å². The third kappa shape index (κ3) is 2.73. The summed E-state index contributed by atoms with van der Waals surface area (Å²) in [6.45, 7) is 2.89. The van der Waals surface area contributed by atoms with E-state index in [4.69, 9.17) is 14.6 Å². The molecule has 0 saturated carbocycles. The molecule has 0 spiro atoms. The predicted molar refractivity (Wildman–Crippen MR) is 98.4 cm³/mol. The Balaban J connectivity index is 1.60. The molecule has 2 saturated heterocycles. The minimum Gasteiger partial charge on any atom is -0.352 e. The first-order valence-electron chi connectivity index (χ1n) is 8.39. The van der Waals surface area contributed by atoms with Crippen molar-refractivity contribution in [3.05, 3.63) is 16.6 Å². The molecule has 3 aromatic rings. The van der Waals surface area contributed by atoms with Crippen LogP contribution in [-0.4, -0.2) is 56.4 Å². The standard InChI is InChI=1S/C15H17N7OS2/c1-2-10(15-16-3-7-25-15)22(4-1)14-13(21-5-8-24-9-6-21)17-11-12(18-14)20-23-19-11/h3,7,10H,1-2,4-6,8-9H2. The van der Waals surface area contributed by atoms with E-state index in [1.807, 2.05) is 23.3 Å². The van der Waals surface area contributed by atoms with Crippen LogP contribution in [0.1, 0.15) is 23.9 Å². The van der Waals surface area contributed by atoms with E-state index >= 15 is 0 Å². The van der Waals surface area contributed by atoms with Crippen LogP contribution < -0.4 is 9.80 Å². The van der Waals surface area contributed by atoms with Crippen molar-refractivity contribution in [2.45, 2.75) is 18.9 Å². The summed E-state index contributed by atoms with van der Waals surface area (Å²) in [5.41, 5.74) is 0.942. The first-order chi connectivity index (χ1) is 12.4. The first kappa shape index (κ1) is 15.3. The highest BCUT2D eigenvalue weighted by molar-refractivity contribution is 7.99. The summed E-state index contributed by atoms with van der Waals surface area (Å²) in [6.07, 6.45) is 4.08. The largest absolute Gasteiger partial charge is 0.352 e. The number of thioether (sulfide) groups is 1. The maximum absolute atomic E-state index is 4.85. The number of fused-ring (bicyclic) bond motifs is 1. The lowest BCUT2D eigenvalue weighted by Gasteiger charge is -2.32. The maximum atomic E-state index is 4.85. The van der Waals surface area contributed by atoms with Crippen LogP contribution in [0.3, 0.4) is 0 Å². The molecule has 130 valence electrons. The molecule has 10 heteroatoms. The normalized spacial score (nSPS) is 21.4. The van der Waals surface area contributed by atoms with Gasteiger partial charge in [-0.25, -0.2) is 19.6 Å². The van der Waals surface area contributed by atoms with Gasteiger partial charge in [-0.3, -0.25) is 0 Å². The summed E-state index contributed by atoms with van der Waals surface area (Å²) < 4.78 is 4.85. The lowest BCUT2D eigenvalue weighted by atomic mass is 10.2. The quantitative estimate of drug-likeness (QED) is 0.685. The fourth-order valence-corrected chi connectivity index (χ4v) is 5.16. The maximum Gasteiger partial charge on any atom is 0.245 e. The average Bonchev–Trinajstić information content (AvgIpc) is 3.41. The molecule has 1 unspecified atom stereocenters. The van der Waals surface area contributed by atoms with E-state index in [0.29, 0.717) is 11.3 Å². The van der Waals surface area contributed by atoms with Gasteiger partial charge in [-0.1, -0.05) is 0 Å². The Morgan fingerprint density at radius 2 is 1.84 bits per heavy atom. The first-order valence-corrected chi connectivity index (χ1v) is 10.4. The van der Waals surface area contributed by atoms with Gasteiger partial charge in [-0.05, 0) is 23.2 Å². The SMILES string of the molecule is c1csc(C2CCCN2c2nc3nonc3nc2N2CCSCC2)n1. The molecular weight excluding hydrogens is 358 g/mol. The molecule has 8 nitrogen and oxygen atoms in total. The second kappa shape index (κ2) is 6.41. The number of hydrogen-bond acceptors (Lipinski definition) is 10. The molecular formula is C15H17N7OS2. The van der Waals surface area contributed by atoms with Gasteiger partial charge < -0.3 is 9.80 Å². The van der Waals surface area contributed by atoms with E-state index in [1.54, 1.807) is 11.3 Å². The molecule has 2 aliphatic heterocycles. The summed E-state index contributed by atoms with van der Waals surface area (Å²) in [5, 5.41) is 11.0. The predicted octanol–water partition coefficient (Wildman–Crippen LogP) is 2.36. The highest BCUT2D eigenvalue weighted by Crippen LogP contribution is 2.40. The Morgan fingerprint density at radius 3 is 2.60 bits per heavy atom. The fraction of sp³-hybridized carbons (Fsp3) is 0.533. The van der Waals surface area contributed by atoms with Gasteiger partial charge >= 0.3 is 0 Å². The van der Waals surface area contributed by atoms with Crippen LogP contribution in [0.5, 0.6) is 0 Å². The Bertz CT molecular complexity index is 862. The van der Waals surface area contributed by atoms with Crippen molar-refractivity contribution >= 4 is 46.0 Å². The van der Waals surface area contributed by atoms with Crippen molar-refractivity contribution in [3.8, 4) is 0 Å². The van der Waals surface area contributed by atoms with Crippen LogP contribution in [0.2, 0.25) is 0 Å². The van der Waals surface area contributed by atoms with Crippen LogP contribution in [0.25, 0.3) is 11.3 Å². The van der Waals surface area contributed by atoms with E-state index in [1.165, 1.54) is 0 Å². The van der Waals surface area contributed by atoms with Gasteiger partial charge in [0.05, 0.1) is 6.04 Å². The van der Waals surface area contributed by atoms with Gasteiger partial charge in [-0.15, -0.1) is 11.3 Å². The Hall–Kier alpha value is -1.94. The van der Waals surface area contributed by atoms with Crippen LogP contribution in [0.15, 0.2) is 16.2 Å². The van der Waals surface area contributed by atoms with Gasteiger partial charge in [0, 0.05) is 42.7 Å². The average molecular weight is 375 g/mol. The van der Waals surface area contributed by atoms with Crippen LogP contribution in [-0.2, 0) is 0 Å². The molecule has 5 rings (SSSR count). The number of anilines is 2. The summed E-state index contributed by atoms with van der Waals surface area (Å²) >= 11 is 3.68. The zero-order valence-corrected chi connectivity index (χ0v) is 15.2. The van der Waals surface area contributed by atoms with E-state index in [0.717, 1.165) is 60.6 Å². The number of aromatic nitrogens is 5. The van der Waals surface area contributed by atoms with E-state index in [9.17, 15) is 0 Å². The molecule has 1 atom stereocenters. The smallest absolute Gasteiger partial charge is 0.245 e. The minimum atomic E-state index is 0.254. The van der Waals surface area contributed by atoms with Crippen LogP contribution >= 0.6 is 23.1 Å². The molecule has 0 bridgehead atoms. The van der Waals surface area contributed by atoms with Crippen molar-refractivity contribution in [2.75, 3.05) is 40.9 Å². The minimum absolute atomic E-state index is 0.254. The summed E-state index contributed by atoms with van der Waals surface area (Å²) in [6, 6.07) is 0.254.